The molecule has 0 aliphatic heterocycles. The van der Waals surface area contributed by atoms with Gasteiger partial charge >= 0.3 is 0 Å². The maximum Gasteiger partial charge on any atom is 0.138 e. The summed E-state index contributed by atoms with van der Waals surface area (Å²) in [5.41, 5.74) is 2.12. The molecule has 0 aliphatic rings. The quantitative estimate of drug-likeness (QED) is 0.723. The first-order chi connectivity index (χ1) is 6.48. The number of rotatable bonds is 1. The second kappa shape index (κ2) is 2.82. The molecule has 2 rings (SSSR count). The summed E-state index contributed by atoms with van der Waals surface area (Å²) in [5.74, 6) is 0.613. The molecule has 0 spiro atoms. The molecule has 1 aromatic heterocycles. The van der Waals surface area contributed by atoms with Crippen LogP contribution in [0.5, 0.6) is 0 Å². The lowest BCUT2D eigenvalue weighted by atomic mass is 10.1. The number of nitrogens with zero attached hydrogens (tertiary/aromatic N) is 1. The number of aliphatic hydroxyl groups is 1. The van der Waals surface area contributed by atoms with Crippen molar-refractivity contribution in [3.8, 4) is 0 Å². The van der Waals surface area contributed by atoms with Crippen LogP contribution in [0.1, 0.15) is 25.2 Å². The molecular weight excluding hydrogens is 176 g/mol. The molecule has 74 valence electrons. The predicted molar refractivity (Wildman–Crippen MR) is 56.1 cm³/mol. The molecule has 0 bridgehead atoms. The van der Waals surface area contributed by atoms with E-state index >= 15 is 0 Å². The summed E-state index contributed by atoms with van der Waals surface area (Å²) in [5, 5.41) is 9.79. The van der Waals surface area contributed by atoms with E-state index in [1.54, 1.807) is 13.8 Å². The number of aromatic amines is 1. The van der Waals surface area contributed by atoms with E-state index in [1.165, 1.54) is 0 Å². The van der Waals surface area contributed by atoms with Crippen LogP contribution in [0.3, 0.4) is 0 Å². The second-order valence-corrected chi connectivity index (χ2v) is 4.12. The normalized spacial score (nSPS) is 12.3. The molecular formula is C11H14N2O. The van der Waals surface area contributed by atoms with Crippen LogP contribution in [0.25, 0.3) is 11.0 Å². The van der Waals surface area contributed by atoms with Crippen LogP contribution in [0.2, 0.25) is 0 Å². The Morgan fingerprint density at radius 1 is 1.36 bits per heavy atom. The van der Waals surface area contributed by atoms with E-state index < -0.39 is 5.60 Å². The first kappa shape index (κ1) is 9.21. The van der Waals surface area contributed by atoms with E-state index in [9.17, 15) is 5.11 Å². The van der Waals surface area contributed by atoms with Crippen molar-refractivity contribution in [3.05, 3.63) is 29.6 Å². The van der Waals surface area contributed by atoms with Crippen LogP contribution >= 0.6 is 0 Å². The van der Waals surface area contributed by atoms with Crippen molar-refractivity contribution < 1.29 is 5.11 Å². The minimum Gasteiger partial charge on any atom is -0.383 e. The number of benzene rings is 1. The highest BCUT2D eigenvalue weighted by Crippen LogP contribution is 2.22. The Balaban J connectivity index is 2.69. The predicted octanol–water partition coefficient (Wildman–Crippen LogP) is 2.10. The Hall–Kier alpha value is -1.35. The van der Waals surface area contributed by atoms with Crippen molar-refractivity contribution in [1.29, 1.82) is 0 Å². The van der Waals surface area contributed by atoms with E-state index in [-0.39, 0.29) is 0 Å². The third kappa shape index (κ3) is 1.40. The van der Waals surface area contributed by atoms with E-state index in [0.717, 1.165) is 16.6 Å². The number of aromatic nitrogens is 2. The molecule has 1 heterocycles. The van der Waals surface area contributed by atoms with Crippen molar-refractivity contribution >= 4 is 11.0 Å². The number of hydrogen-bond donors (Lipinski definition) is 2. The van der Waals surface area contributed by atoms with E-state index in [2.05, 4.69) is 9.97 Å². The van der Waals surface area contributed by atoms with Gasteiger partial charge in [-0.05, 0) is 32.4 Å². The molecule has 0 saturated carbocycles. The molecule has 14 heavy (non-hydrogen) atoms. The van der Waals surface area contributed by atoms with Gasteiger partial charge in [0, 0.05) is 0 Å². The van der Waals surface area contributed by atoms with Gasteiger partial charge in [0.1, 0.15) is 11.4 Å². The van der Waals surface area contributed by atoms with Crippen LogP contribution in [0.15, 0.2) is 18.2 Å². The molecule has 3 nitrogen and oxygen atoms in total. The summed E-state index contributed by atoms with van der Waals surface area (Å²) in [6, 6.07) is 5.95. The van der Waals surface area contributed by atoms with E-state index in [4.69, 9.17) is 0 Å². The highest BCUT2D eigenvalue weighted by molar-refractivity contribution is 5.78. The number of aryl methyl sites for hydroxylation is 1. The lowest BCUT2D eigenvalue weighted by molar-refractivity contribution is 0.0700. The van der Waals surface area contributed by atoms with Crippen LogP contribution in [0, 0.1) is 6.92 Å². The number of hydrogen-bond acceptors (Lipinski definition) is 2. The maximum absolute atomic E-state index is 9.79. The Labute approximate surface area is 82.8 Å². The number of H-pyrrole nitrogens is 1. The molecule has 0 amide bonds. The topological polar surface area (TPSA) is 48.9 Å². The van der Waals surface area contributed by atoms with Crippen molar-refractivity contribution in [2.45, 2.75) is 26.4 Å². The summed E-state index contributed by atoms with van der Waals surface area (Å²) in [6.45, 7) is 5.46. The average molecular weight is 190 g/mol. The first-order valence-corrected chi connectivity index (χ1v) is 4.66. The number of para-hydroxylation sites is 1. The highest BCUT2D eigenvalue weighted by Gasteiger charge is 2.20. The average Bonchev–Trinajstić information content (AvgIpc) is 2.48. The Morgan fingerprint density at radius 2 is 2.07 bits per heavy atom. The third-order valence-corrected chi connectivity index (χ3v) is 2.29. The second-order valence-electron chi connectivity index (χ2n) is 4.12. The zero-order valence-electron chi connectivity index (χ0n) is 8.63. The van der Waals surface area contributed by atoms with Crippen molar-refractivity contribution in [2.75, 3.05) is 0 Å². The lowest BCUT2D eigenvalue weighted by Crippen LogP contribution is -2.17. The van der Waals surface area contributed by atoms with Gasteiger partial charge in [0.25, 0.3) is 0 Å². The van der Waals surface area contributed by atoms with Gasteiger partial charge in [0.05, 0.1) is 11.0 Å². The van der Waals surface area contributed by atoms with Crippen LogP contribution in [-0.2, 0) is 5.60 Å². The molecule has 2 N–H and O–H groups in total. The molecule has 2 aromatic rings. The van der Waals surface area contributed by atoms with E-state index in [1.807, 2.05) is 25.1 Å². The van der Waals surface area contributed by atoms with Gasteiger partial charge in [0.15, 0.2) is 0 Å². The van der Waals surface area contributed by atoms with Gasteiger partial charge in [0.2, 0.25) is 0 Å². The summed E-state index contributed by atoms with van der Waals surface area (Å²) < 4.78 is 0. The molecule has 0 unspecified atom stereocenters. The number of fused-ring (bicyclic) bond motifs is 1. The summed E-state index contributed by atoms with van der Waals surface area (Å²) in [7, 11) is 0. The fourth-order valence-electron chi connectivity index (χ4n) is 1.47. The van der Waals surface area contributed by atoms with Crippen molar-refractivity contribution in [3.63, 3.8) is 0 Å². The monoisotopic (exact) mass is 190 g/mol. The smallest absolute Gasteiger partial charge is 0.138 e. The third-order valence-electron chi connectivity index (χ3n) is 2.29. The standard InChI is InChI=1S/C11H14N2O/c1-7-5-4-6-8-9(7)13-10(12-8)11(2,3)14/h4-6,14H,1-3H3,(H,12,13). The largest absolute Gasteiger partial charge is 0.383 e. The molecule has 0 radical (unpaired) electrons. The Bertz CT molecular complexity index is 466. The molecule has 0 fully saturated rings. The van der Waals surface area contributed by atoms with Gasteiger partial charge in [-0.2, -0.15) is 0 Å². The molecule has 1 aromatic carbocycles. The van der Waals surface area contributed by atoms with E-state index in [0.29, 0.717) is 5.82 Å². The zero-order valence-corrected chi connectivity index (χ0v) is 8.63. The van der Waals surface area contributed by atoms with Gasteiger partial charge in [-0.25, -0.2) is 4.98 Å². The Kier molecular flexibility index (Phi) is 1.86. The molecule has 0 atom stereocenters. The number of imidazole rings is 1. The minimum atomic E-state index is -0.911. The van der Waals surface area contributed by atoms with Crippen LogP contribution < -0.4 is 0 Å². The molecule has 3 heteroatoms. The fraction of sp³-hybridized carbons (Fsp3) is 0.364. The molecule has 0 aliphatic carbocycles. The first-order valence-electron chi connectivity index (χ1n) is 4.66. The van der Waals surface area contributed by atoms with Crippen LogP contribution in [0.4, 0.5) is 0 Å². The Morgan fingerprint density at radius 3 is 2.64 bits per heavy atom. The summed E-state index contributed by atoms with van der Waals surface area (Å²) in [6.07, 6.45) is 0. The zero-order chi connectivity index (χ0) is 10.3. The SMILES string of the molecule is Cc1cccc2[nH]c(C(C)(C)O)nc12. The highest BCUT2D eigenvalue weighted by atomic mass is 16.3. The summed E-state index contributed by atoms with van der Waals surface area (Å²) >= 11 is 0. The maximum atomic E-state index is 9.79. The van der Waals surface area contributed by atoms with Gasteiger partial charge in [-0.1, -0.05) is 12.1 Å². The lowest BCUT2D eigenvalue weighted by Gasteiger charge is -2.12. The number of nitrogens with one attached hydrogen (secondary N) is 1. The summed E-state index contributed by atoms with van der Waals surface area (Å²) in [4.78, 5) is 7.49. The fourth-order valence-corrected chi connectivity index (χ4v) is 1.47. The van der Waals surface area contributed by atoms with Gasteiger partial charge < -0.3 is 10.1 Å². The van der Waals surface area contributed by atoms with Gasteiger partial charge in [-0.15, -0.1) is 0 Å². The molecule has 0 saturated heterocycles. The van der Waals surface area contributed by atoms with Crippen LogP contribution in [-0.4, -0.2) is 15.1 Å². The van der Waals surface area contributed by atoms with Crippen molar-refractivity contribution in [1.82, 2.24) is 9.97 Å². The van der Waals surface area contributed by atoms with Gasteiger partial charge in [-0.3, -0.25) is 0 Å². The minimum absolute atomic E-state index is 0.613. The van der Waals surface area contributed by atoms with Crippen molar-refractivity contribution in [2.24, 2.45) is 0 Å².